The Morgan fingerprint density at radius 1 is 1.15 bits per heavy atom. The van der Waals surface area contributed by atoms with Crippen molar-refractivity contribution in [3.05, 3.63) is 75.7 Å². The second-order valence-electron chi connectivity index (χ2n) is 9.00. The predicted octanol–water partition coefficient (Wildman–Crippen LogP) is 4.44. The number of nitrogens with zero attached hydrogens (tertiary/aromatic N) is 3. The molecule has 1 atom stereocenters. The van der Waals surface area contributed by atoms with E-state index in [0.29, 0.717) is 18.4 Å². The normalized spacial score (nSPS) is 14.9. The van der Waals surface area contributed by atoms with Crippen molar-refractivity contribution in [1.29, 1.82) is 0 Å². The molecule has 7 heteroatoms. The van der Waals surface area contributed by atoms with Crippen LogP contribution >= 0.6 is 11.3 Å². The molecule has 0 radical (unpaired) electrons. The minimum atomic E-state index is -0.615. The summed E-state index contributed by atoms with van der Waals surface area (Å²) in [6, 6.07) is 15.9. The van der Waals surface area contributed by atoms with E-state index in [1.54, 1.807) is 11.3 Å². The molecule has 0 fully saturated rings. The van der Waals surface area contributed by atoms with Crippen LogP contribution in [0.25, 0.3) is 20.2 Å². The highest BCUT2D eigenvalue weighted by molar-refractivity contribution is 7.26. The number of fused-ring (bicyclic) bond motifs is 4. The standard InChI is InChI=1S/C27H30N4O2S/c1-3-22(26(32)28-14-8-15-30-16-13-19-9-4-5-10-20(19)17-30)31-27(33)24-21-11-6-7-12-23(21)34-25(24)18(2)29-31/h4-7,9-12,22H,3,8,13-17H2,1-2H3,(H,28,32)/t22-/m0/s1. The van der Waals surface area contributed by atoms with Gasteiger partial charge in [0.1, 0.15) is 6.04 Å². The van der Waals surface area contributed by atoms with Gasteiger partial charge in [-0.05, 0) is 43.4 Å². The van der Waals surface area contributed by atoms with E-state index in [9.17, 15) is 9.59 Å². The van der Waals surface area contributed by atoms with Crippen LogP contribution in [-0.4, -0.2) is 40.2 Å². The van der Waals surface area contributed by atoms with Gasteiger partial charge in [0, 0.05) is 36.3 Å². The fraction of sp³-hybridized carbons (Fsp3) is 0.370. The van der Waals surface area contributed by atoms with Crippen molar-refractivity contribution in [2.75, 3.05) is 19.6 Å². The van der Waals surface area contributed by atoms with Crippen LogP contribution in [0.1, 0.15) is 42.6 Å². The smallest absolute Gasteiger partial charge is 0.276 e. The lowest BCUT2D eigenvalue weighted by atomic mass is 10.00. The van der Waals surface area contributed by atoms with Crippen molar-refractivity contribution in [2.24, 2.45) is 0 Å². The summed E-state index contributed by atoms with van der Waals surface area (Å²) >= 11 is 1.58. The first-order valence-electron chi connectivity index (χ1n) is 12.0. The maximum atomic E-state index is 13.4. The van der Waals surface area contributed by atoms with E-state index < -0.39 is 6.04 Å². The molecule has 0 saturated heterocycles. The predicted molar refractivity (Wildman–Crippen MR) is 139 cm³/mol. The molecule has 0 bridgehead atoms. The Hall–Kier alpha value is -3.03. The van der Waals surface area contributed by atoms with Crippen molar-refractivity contribution in [1.82, 2.24) is 20.0 Å². The van der Waals surface area contributed by atoms with Gasteiger partial charge in [-0.15, -0.1) is 11.3 Å². The van der Waals surface area contributed by atoms with Crippen molar-refractivity contribution in [2.45, 2.75) is 45.7 Å². The summed E-state index contributed by atoms with van der Waals surface area (Å²) in [5.41, 5.74) is 3.45. The first-order chi connectivity index (χ1) is 16.6. The summed E-state index contributed by atoms with van der Waals surface area (Å²) in [7, 11) is 0. The number of nitrogens with one attached hydrogen (secondary N) is 1. The molecule has 4 aromatic rings. The Morgan fingerprint density at radius 3 is 2.74 bits per heavy atom. The van der Waals surface area contributed by atoms with Crippen molar-refractivity contribution >= 4 is 37.4 Å². The Labute approximate surface area is 203 Å². The van der Waals surface area contributed by atoms with Gasteiger partial charge in [0.05, 0.1) is 15.8 Å². The van der Waals surface area contributed by atoms with Gasteiger partial charge in [0.15, 0.2) is 0 Å². The van der Waals surface area contributed by atoms with E-state index >= 15 is 0 Å². The maximum absolute atomic E-state index is 13.4. The van der Waals surface area contributed by atoms with Crippen molar-refractivity contribution in [3.8, 4) is 0 Å². The number of carbonyl (C=O) groups is 1. The van der Waals surface area contributed by atoms with Crippen LogP contribution in [-0.2, 0) is 17.8 Å². The van der Waals surface area contributed by atoms with Gasteiger partial charge < -0.3 is 5.32 Å². The molecule has 2 aromatic heterocycles. The topological polar surface area (TPSA) is 67.2 Å². The minimum absolute atomic E-state index is 0.139. The van der Waals surface area contributed by atoms with Gasteiger partial charge in [-0.2, -0.15) is 5.10 Å². The lowest BCUT2D eigenvalue weighted by Gasteiger charge is -2.28. The minimum Gasteiger partial charge on any atom is -0.354 e. The van der Waals surface area contributed by atoms with Gasteiger partial charge in [-0.3, -0.25) is 14.5 Å². The molecule has 176 valence electrons. The molecule has 0 aliphatic carbocycles. The van der Waals surface area contributed by atoms with E-state index in [2.05, 4.69) is 39.6 Å². The van der Waals surface area contributed by atoms with Crippen molar-refractivity contribution < 1.29 is 4.79 Å². The number of thiophene rings is 1. The molecule has 6 nitrogen and oxygen atoms in total. The molecular weight excluding hydrogens is 444 g/mol. The zero-order valence-corrected chi connectivity index (χ0v) is 20.5. The highest BCUT2D eigenvalue weighted by Crippen LogP contribution is 2.33. The summed E-state index contributed by atoms with van der Waals surface area (Å²) in [4.78, 5) is 28.9. The number of benzene rings is 2. The number of hydrogen-bond acceptors (Lipinski definition) is 5. The zero-order valence-electron chi connectivity index (χ0n) is 19.7. The molecular formula is C27H30N4O2S. The summed E-state index contributed by atoms with van der Waals surface area (Å²) in [6.45, 7) is 7.38. The van der Waals surface area contributed by atoms with Crippen LogP contribution in [0.3, 0.4) is 0 Å². The Kier molecular flexibility index (Phi) is 6.48. The van der Waals surface area contributed by atoms with E-state index in [-0.39, 0.29) is 11.5 Å². The molecule has 3 heterocycles. The third-order valence-electron chi connectivity index (χ3n) is 6.75. The SMILES string of the molecule is CC[C@@H](C(=O)NCCCN1CCc2ccccc2C1)n1nc(C)c2sc3ccccc3c2c1=O. The first kappa shape index (κ1) is 22.7. The molecule has 0 spiro atoms. The second kappa shape index (κ2) is 9.68. The van der Waals surface area contributed by atoms with Gasteiger partial charge in [0.2, 0.25) is 5.91 Å². The zero-order chi connectivity index (χ0) is 23.7. The highest BCUT2D eigenvalue weighted by atomic mass is 32.1. The summed E-state index contributed by atoms with van der Waals surface area (Å²) < 4.78 is 3.36. The molecule has 5 rings (SSSR count). The van der Waals surface area contributed by atoms with Gasteiger partial charge in [-0.1, -0.05) is 49.4 Å². The molecule has 0 unspecified atom stereocenters. The summed E-state index contributed by atoms with van der Waals surface area (Å²) in [5.74, 6) is -0.139. The van der Waals surface area contributed by atoms with E-state index in [1.807, 2.05) is 38.1 Å². The van der Waals surface area contributed by atoms with Crippen LogP contribution < -0.4 is 10.9 Å². The largest absolute Gasteiger partial charge is 0.354 e. The van der Waals surface area contributed by atoms with Crippen LogP contribution in [0.4, 0.5) is 0 Å². The van der Waals surface area contributed by atoms with E-state index in [1.165, 1.54) is 15.8 Å². The molecule has 1 N–H and O–H groups in total. The molecule has 0 saturated carbocycles. The van der Waals surface area contributed by atoms with E-state index in [4.69, 9.17) is 0 Å². The quantitative estimate of drug-likeness (QED) is 0.402. The Bertz CT molecular complexity index is 1410. The van der Waals surface area contributed by atoms with Gasteiger partial charge >= 0.3 is 0 Å². The number of aryl methyl sites for hydroxylation is 1. The van der Waals surface area contributed by atoms with Gasteiger partial charge in [-0.25, -0.2) is 4.68 Å². The first-order valence-corrected chi connectivity index (χ1v) is 12.9. The summed E-state index contributed by atoms with van der Waals surface area (Å²) in [6.07, 6.45) is 2.46. The third-order valence-corrected chi connectivity index (χ3v) is 8.03. The average Bonchev–Trinajstić information content (AvgIpc) is 3.26. The van der Waals surface area contributed by atoms with Crippen LogP contribution in [0.5, 0.6) is 0 Å². The Morgan fingerprint density at radius 2 is 1.91 bits per heavy atom. The fourth-order valence-corrected chi connectivity index (χ4v) is 6.07. The molecule has 1 aliphatic rings. The second-order valence-corrected chi connectivity index (χ2v) is 10.1. The monoisotopic (exact) mass is 474 g/mol. The van der Waals surface area contributed by atoms with Gasteiger partial charge in [0.25, 0.3) is 5.56 Å². The number of amides is 1. The van der Waals surface area contributed by atoms with Crippen LogP contribution in [0.15, 0.2) is 53.3 Å². The van der Waals surface area contributed by atoms with Crippen LogP contribution in [0, 0.1) is 6.92 Å². The van der Waals surface area contributed by atoms with Crippen LogP contribution in [0.2, 0.25) is 0 Å². The third kappa shape index (κ3) is 4.26. The Balaban J connectivity index is 1.26. The maximum Gasteiger partial charge on any atom is 0.276 e. The lowest BCUT2D eigenvalue weighted by Crippen LogP contribution is -2.40. The molecule has 1 aliphatic heterocycles. The molecule has 2 aromatic carbocycles. The molecule has 1 amide bonds. The number of carbonyl (C=O) groups excluding carboxylic acids is 1. The van der Waals surface area contributed by atoms with E-state index in [0.717, 1.165) is 53.0 Å². The number of rotatable bonds is 7. The average molecular weight is 475 g/mol. The number of aromatic nitrogens is 2. The summed E-state index contributed by atoms with van der Waals surface area (Å²) in [5, 5.41) is 9.22. The lowest BCUT2D eigenvalue weighted by molar-refractivity contribution is -0.124. The fourth-order valence-electron chi connectivity index (χ4n) is 4.94. The molecule has 34 heavy (non-hydrogen) atoms. The van der Waals surface area contributed by atoms with Crippen molar-refractivity contribution in [3.63, 3.8) is 0 Å². The highest BCUT2D eigenvalue weighted by Gasteiger charge is 2.24. The number of hydrogen-bond donors (Lipinski definition) is 1.